The smallest absolute Gasteiger partial charge is 0.128 e. The molecule has 0 aliphatic rings. The van der Waals surface area contributed by atoms with Gasteiger partial charge in [-0.3, -0.25) is 0 Å². The van der Waals surface area contributed by atoms with E-state index in [1.807, 2.05) is 30.5 Å². The average molecular weight is 245 g/mol. The predicted octanol–water partition coefficient (Wildman–Crippen LogP) is 3.67. The molecule has 17 heavy (non-hydrogen) atoms. The first-order chi connectivity index (χ1) is 8.26. The molecule has 0 radical (unpaired) electrons. The fraction of sp³-hybridized carbons (Fsp3) is 0.143. The van der Waals surface area contributed by atoms with Crippen LogP contribution in [0.5, 0.6) is 5.75 Å². The summed E-state index contributed by atoms with van der Waals surface area (Å²) in [7, 11) is 1.67. The molecule has 0 saturated carbocycles. The lowest BCUT2D eigenvalue weighted by molar-refractivity contribution is 0.416. The van der Waals surface area contributed by atoms with E-state index in [1.165, 1.54) is 0 Å². The highest BCUT2D eigenvalue weighted by molar-refractivity contribution is 7.98. The summed E-state index contributed by atoms with van der Waals surface area (Å²) < 4.78 is 5.39. The van der Waals surface area contributed by atoms with Gasteiger partial charge in [0.25, 0.3) is 0 Å². The second-order valence-corrected chi connectivity index (χ2v) is 4.51. The van der Waals surface area contributed by atoms with E-state index >= 15 is 0 Å². The Hall–Kier alpha value is -1.61. The van der Waals surface area contributed by atoms with Crippen LogP contribution in [0.25, 0.3) is 11.1 Å². The van der Waals surface area contributed by atoms with Crippen molar-refractivity contribution in [2.45, 2.75) is 4.90 Å². The van der Waals surface area contributed by atoms with Crippen molar-refractivity contribution in [3.63, 3.8) is 0 Å². The summed E-state index contributed by atoms with van der Waals surface area (Å²) in [6.07, 6.45) is 2.02. The molecule has 0 aliphatic heterocycles. The number of nitrogen functional groups attached to an aromatic ring is 1. The Bertz CT molecular complexity index is 511. The van der Waals surface area contributed by atoms with Crippen molar-refractivity contribution in [3.05, 3.63) is 42.5 Å². The number of anilines is 1. The van der Waals surface area contributed by atoms with Crippen LogP contribution in [0.3, 0.4) is 0 Å². The molecule has 2 rings (SSSR count). The molecular weight excluding hydrogens is 230 g/mol. The van der Waals surface area contributed by atoms with Gasteiger partial charge >= 0.3 is 0 Å². The van der Waals surface area contributed by atoms with Crippen molar-refractivity contribution in [1.82, 2.24) is 0 Å². The number of rotatable bonds is 3. The lowest BCUT2D eigenvalue weighted by Crippen LogP contribution is -1.94. The summed E-state index contributed by atoms with van der Waals surface area (Å²) in [5.74, 6) is 0.812. The minimum atomic E-state index is 0.758. The molecule has 2 aromatic carbocycles. The summed E-state index contributed by atoms with van der Waals surface area (Å²) in [5.41, 5.74) is 8.93. The van der Waals surface area contributed by atoms with Gasteiger partial charge in [0, 0.05) is 22.2 Å². The van der Waals surface area contributed by atoms with Gasteiger partial charge in [0.2, 0.25) is 0 Å². The second-order valence-electron chi connectivity index (χ2n) is 3.66. The van der Waals surface area contributed by atoms with Gasteiger partial charge in [-0.25, -0.2) is 0 Å². The monoisotopic (exact) mass is 245 g/mol. The molecule has 0 amide bonds. The first-order valence-corrected chi connectivity index (χ1v) is 6.55. The largest absolute Gasteiger partial charge is 0.496 e. The van der Waals surface area contributed by atoms with Gasteiger partial charge in [-0.15, -0.1) is 11.8 Å². The van der Waals surface area contributed by atoms with Crippen molar-refractivity contribution in [1.29, 1.82) is 0 Å². The number of benzene rings is 2. The highest BCUT2D eigenvalue weighted by Gasteiger charge is 2.09. The highest BCUT2D eigenvalue weighted by atomic mass is 32.2. The zero-order valence-electron chi connectivity index (χ0n) is 9.94. The van der Waals surface area contributed by atoms with Crippen molar-refractivity contribution >= 4 is 17.4 Å². The minimum Gasteiger partial charge on any atom is -0.496 e. The topological polar surface area (TPSA) is 35.2 Å². The Kier molecular flexibility index (Phi) is 3.59. The van der Waals surface area contributed by atoms with Gasteiger partial charge in [0.15, 0.2) is 0 Å². The molecule has 0 fully saturated rings. The molecule has 0 atom stereocenters. The number of hydrogen-bond acceptors (Lipinski definition) is 3. The molecule has 0 bridgehead atoms. The minimum absolute atomic E-state index is 0.758. The third kappa shape index (κ3) is 2.39. The molecule has 0 spiro atoms. The zero-order chi connectivity index (χ0) is 12.3. The van der Waals surface area contributed by atoms with E-state index in [0.717, 1.165) is 27.5 Å². The number of methoxy groups -OCH3 is 1. The highest BCUT2D eigenvalue weighted by Crippen LogP contribution is 2.37. The Morgan fingerprint density at radius 1 is 1.12 bits per heavy atom. The predicted molar refractivity (Wildman–Crippen MR) is 74.6 cm³/mol. The summed E-state index contributed by atoms with van der Waals surface area (Å²) >= 11 is 1.64. The Labute approximate surface area is 106 Å². The molecule has 3 heteroatoms. The molecule has 88 valence electrons. The summed E-state index contributed by atoms with van der Waals surface area (Å²) in [6.45, 7) is 0. The molecule has 0 heterocycles. The van der Waals surface area contributed by atoms with Gasteiger partial charge < -0.3 is 10.5 Å². The van der Waals surface area contributed by atoms with Crippen LogP contribution in [-0.2, 0) is 0 Å². The van der Waals surface area contributed by atoms with Crippen LogP contribution in [0.15, 0.2) is 47.4 Å². The Morgan fingerprint density at radius 3 is 2.41 bits per heavy atom. The molecule has 2 N–H and O–H groups in total. The Morgan fingerprint density at radius 2 is 1.82 bits per heavy atom. The third-order valence-corrected chi connectivity index (χ3v) is 3.43. The molecule has 0 saturated heterocycles. The average Bonchev–Trinajstić information content (AvgIpc) is 2.39. The number of ether oxygens (including phenoxy) is 1. The standard InChI is InChI=1S/C14H15NOS/c1-16-13-9-12(15)14(17-2)8-11(13)10-6-4-3-5-7-10/h3-9H,15H2,1-2H3. The van der Waals surface area contributed by atoms with Gasteiger partial charge in [0.05, 0.1) is 7.11 Å². The second kappa shape index (κ2) is 5.15. The summed E-state index contributed by atoms with van der Waals surface area (Å²) in [6, 6.07) is 14.1. The van der Waals surface area contributed by atoms with E-state index < -0.39 is 0 Å². The van der Waals surface area contributed by atoms with Crippen molar-refractivity contribution in [2.75, 3.05) is 19.1 Å². The summed E-state index contributed by atoms with van der Waals surface area (Å²) in [5, 5.41) is 0. The molecule has 2 nitrogen and oxygen atoms in total. The normalized spacial score (nSPS) is 10.2. The summed E-state index contributed by atoms with van der Waals surface area (Å²) in [4.78, 5) is 1.07. The number of nitrogens with two attached hydrogens (primary N) is 1. The Balaban J connectivity index is 2.59. The van der Waals surface area contributed by atoms with Gasteiger partial charge in [-0.1, -0.05) is 30.3 Å². The first-order valence-electron chi connectivity index (χ1n) is 5.33. The first kappa shape index (κ1) is 11.9. The maximum Gasteiger partial charge on any atom is 0.128 e. The maximum absolute atomic E-state index is 5.95. The van der Waals surface area contributed by atoms with E-state index in [2.05, 4.69) is 18.2 Å². The zero-order valence-corrected chi connectivity index (χ0v) is 10.8. The SMILES string of the molecule is COc1cc(N)c(SC)cc1-c1ccccc1. The van der Waals surface area contributed by atoms with Crippen molar-refractivity contribution < 1.29 is 4.74 Å². The van der Waals surface area contributed by atoms with Crippen LogP contribution in [0, 0.1) is 0 Å². The van der Waals surface area contributed by atoms with Crippen LogP contribution in [0.4, 0.5) is 5.69 Å². The third-order valence-electron chi connectivity index (χ3n) is 2.64. The molecular formula is C14H15NOS. The fourth-order valence-electron chi connectivity index (χ4n) is 1.76. The van der Waals surface area contributed by atoms with Gasteiger partial charge in [-0.2, -0.15) is 0 Å². The van der Waals surface area contributed by atoms with Gasteiger partial charge in [0.1, 0.15) is 5.75 Å². The van der Waals surface area contributed by atoms with E-state index in [0.29, 0.717) is 0 Å². The number of thioether (sulfide) groups is 1. The quantitative estimate of drug-likeness (QED) is 0.662. The lowest BCUT2D eigenvalue weighted by Gasteiger charge is -2.12. The van der Waals surface area contributed by atoms with E-state index in [4.69, 9.17) is 10.5 Å². The lowest BCUT2D eigenvalue weighted by atomic mass is 10.0. The molecule has 0 aromatic heterocycles. The molecule has 0 aliphatic carbocycles. The van der Waals surface area contributed by atoms with Crippen LogP contribution in [0.2, 0.25) is 0 Å². The van der Waals surface area contributed by atoms with Crippen molar-refractivity contribution in [3.8, 4) is 16.9 Å². The molecule has 2 aromatic rings. The van der Waals surface area contributed by atoms with Crippen LogP contribution in [0.1, 0.15) is 0 Å². The fourth-order valence-corrected chi connectivity index (χ4v) is 2.29. The van der Waals surface area contributed by atoms with Crippen LogP contribution >= 0.6 is 11.8 Å². The molecule has 0 unspecified atom stereocenters. The van der Waals surface area contributed by atoms with E-state index in [-0.39, 0.29) is 0 Å². The number of hydrogen-bond donors (Lipinski definition) is 1. The van der Waals surface area contributed by atoms with E-state index in [9.17, 15) is 0 Å². The maximum atomic E-state index is 5.95. The van der Waals surface area contributed by atoms with Crippen molar-refractivity contribution in [2.24, 2.45) is 0 Å². The van der Waals surface area contributed by atoms with Crippen LogP contribution < -0.4 is 10.5 Å². The van der Waals surface area contributed by atoms with Gasteiger partial charge in [-0.05, 0) is 17.9 Å². The van der Waals surface area contributed by atoms with Crippen LogP contribution in [-0.4, -0.2) is 13.4 Å². The van der Waals surface area contributed by atoms with E-state index in [1.54, 1.807) is 18.9 Å².